The lowest BCUT2D eigenvalue weighted by Crippen LogP contribution is -2.21. The van der Waals surface area contributed by atoms with Crippen molar-refractivity contribution < 1.29 is 4.79 Å². The van der Waals surface area contributed by atoms with Crippen molar-refractivity contribution in [3.8, 4) is 0 Å². The number of nitrogens with zero attached hydrogens (tertiary/aromatic N) is 2. The molecule has 0 radical (unpaired) electrons. The second kappa shape index (κ2) is 6.14. The average Bonchev–Trinajstić information content (AvgIpc) is 3.03. The molecule has 0 fully saturated rings. The lowest BCUT2D eigenvalue weighted by atomic mass is 10.1. The summed E-state index contributed by atoms with van der Waals surface area (Å²) in [4.78, 5) is 29.5. The van der Waals surface area contributed by atoms with Gasteiger partial charge >= 0.3 is 0 Å². The molecule has 2 aromatic heterocycles. The molecule has 0 aliphatic carbocycles. The van der Waals surface area contributed by atoms with Gasteiger partial charge in [-0.25, -0.2) is 4.98 Å². The Morgan fingerprint density at radius 3 is 2.24 bits per heavy atom. The van der Waals surface area contributed by atoms with E-state index in [1.54, 1.807) is 12.1 Å². The Morgan fingerprint density at radius 2 is 1.68 bits per heavy atom. The number of amides is 1. The summed E-state index contributed by atoms with van der Waals surface area (Å²) >= 11 is 1.40. The molecule has 0 saturated carbocycles. The maximum absolute atomic E-state index is 12.7. The fourth-order valence-corrected chi connectivity index (χ4v) is 3.67. The minimum Gasteiger partial charge on any atom is -0.331 e. The topological polar surface area (TPSA) is 64.0 Å². The highest BCUT2D eigenvalue weighted by atomic mass is 32.1. The minimum absolute atomic E-state index is 0.0154. The van der Waals surface area contributed by atoms with Crippen molar-refractivity contribution in [2.24, 2.45) is 0 Å². The number of benzene rings is 2. The zero-order valence-corrected chi connectivity index (χ0v) is 14.3. The number of anilines is 1. The zero-order valence-electron chi connectivity index (χ0n) is 13.5. The molecule has 0 unspecified atom stereocenters. The largest absolute Gasteiger partial charge is 0.331 e. The van der Waals surface area contributed by atoms with Crippen LogP contribution in [-0.4, -0.2) is 15.5 Å². The Hall–Kier alpha value is -2.99. The monoisotopic (exact) mass is 349 g/mol. The summed E-state index contributed by atoms with van der Waals surface area (Å²) in [5.74, 6) is -0.173. The van der Waals surface area contributed by atoms with E-state index in [2.05, 4.69) is 10.3 Å². The van der Waals surface area contributed by atoms with E-state index < -0.39 is 0 Å². The molecule has 1 N–H and O–H groups in total. The molecule has 4 rings (SSSR count). The van der Waals surface area contributed by atoms with Gasteiger partial charge < -0.3 is 9.88 Å². The summed E-state index contributed by atoms with van der Waals surface area (Å²) in [5, 5.41) is 6.51. The van der Waals surface area contributed by atoms with Gasteiger partial charge in [-0.15, -0.1) is 11.3 Å². The van der Waals surface area contributed by atoms with E-state index >= 15 is 0 Å². The van der Waals surface area contributed by atoms with Gasteiger partial charge in [0.1, 0.15) is 6.54 Å². The second-order valence-electron chi connectivity index (χ2n) is 5.79. The lowest BCUT2D eigenvalue weighted by molar-refractivity contribution is -0.116. The van der Waals surface area contributed by atoms with E-state index in [9.17, 15) is 9.59 Å². The molecule has 2 heterocycles. The number of rotatable bonds is 3. The summed E-state index contributed by atoms with van der Waals surface area (Å²) in [6.07, 6.45) is 0. The van der Waals surface area contributed by atoms with Crippen molar-refractivity contribution >= 4 is 44.2 Å². The van der Waals surface area contributed by atoms with Gasteiger partial charge in [0.15, 0.2) is 10.6 Å². The van der Waals surface area contributed by atoms with E-state index in [1.807, 2.05) is 53.3 Å². The molecule has 0 spiro atoms. The number of aromatic nitrogens is 2. The predicted molar refractivity (Wildman–Crippen MR) is 101 cm³/mol. The molecule has 2 aromatic carbocycles. The molecule has 0 atom stereocenters. The zero-order chi connectivity index (χ0) is 17.4. The Labute approximate surface area is 147 Å². The number of thiazole rings is 1. The Balaban J connectivity index is 1.83. The Bertz CT molecular complexity index is 1100. The molecule has 0 bridgehead atoms. The maximum atomic E-state index is 12.7. The molecule has 6 heteroatoms. The van der Waals surface area contributed by atoms with Crippen LogP contribution in [0.2, 0.25) is 0 Å². The quantitative estimate of drug-likeness (QED) is 0.575. The number of nitrogens with one attached hydrogen (secondary N) is 1. The number of hydrogen-bond donors (Lipinski definition) is 1. The summed E-state index contributed by atoms with van der Waals surface area (Å²) in [5.41, 5.74) is 2.35. The van der Waals surface area contributed by atoms with Crippen molar-refractivity contribution in [1.29, 1.82) is 0 Å². The third kappa shape index (κ3) is 2.81. The van der Waals surface area contributed by atoms with E-state index in [4.69, 9.17) is 0 Å². The van der Waals surface area contributed by atoms with Crippen molar-refractivity contribution in [2.75, 3.05) is 5.32 Å². The molecular formula is C19H15N3O2S. The van der Waals surface area contributed by atoms with Crippen LogP contribution in [0.5, 0.6) is 0 Å². The molecule has 25 heavy (non-hydrogen) atoms. The van der Waals surface area contributed by atoms with Crippen LogP contribution in [0.1, 0.15) is 5.69 Å². The number of carbonyl (C=O) groups excluding carboxylic acids is 1. The Morgan fingerprint density at radius 1 is 1.08 bits per heavy atom. The molecule has 0 aliphatic heterocycles. The third-order valence-electron chi connectivity index (χ3n) is 4.05. The van der Waals surface area contributed by atoms with Crippen LogP contribution < -0.4 is 10.7 Å². The highest BCUT2D eigenvalue weighted by molar-refractivity contribution is 7.13. The number of hydrogen-bond acceptors (Lipinski definition) is 4. The van der Waals surface area contributed by atoms with Gasteiger partial charge in [-0.2, -0.15) is 0 Å². The van der Waals surface area contributed by atoms with Gasteiger partial charge in [-0.3, -0.25) is 9.59 Å². The standard InChI is InChI=1S/C19H15N3O2S/c1-12-11-25-19(20-12)21-17(23)10-22-15-8-4-2-6-13(15)18(24)14-7-3-5-9-16(14)22/h2-9,11H,10H2,1H3,(H,20,21,23). The predicted octanol–water partition coefficient (Wildman–Crippen LogP) is 3.56. The van der Waals surface area contributed by atoms with Crippen LogP contribution in [0.25, 0.3) is 21.8 Å². The molecule has 1 amide bonds. The summed E-state index contributed by atoms with van der Waals surface area (Å²) < 4.78 is 1.88. The van der Waals surface area contributed by atoms with Crippen molar-refractivity contribution in [1.82, 2.24) is 9.55 Å². The summed E-state index contributed by atoms with van der Waals surface area (Å²) in [7, 11) is 0. The smallest absolute Gasteiger partial charge is 0.246 e. The highest BCUT2D eigenvalue weighted by Crippen LogP contribution is 2.20. The highest BCUT2D eigenvalue weighted by Gasteiger charge is 2.13. The van der Waals surface area contributed by atoms with Gasteiger partial charge in [-0.05, 0) is 31.2 Å². The van der Waals surface area contributed by atoms with Crippen LogP contribution >= 0.6 is 11.3 Å². The normalized spacial score (nSPS) is 11.1. The summed E-state index contributed by atoms with van der Waals surface area (Å²) in [6.45, 7) is 1.99. The van der Waals surface area contributed by atoms with Gasteiger partial charge in [0.05, 0.1) is 16.7 Å². The van der Waals surface area contributed by atoms with Gasteiger partial charge in [0.25, 0.3) is 0 Å². The minimum atomic E-state index is -0.173. The van der Waals surface area contributed by atoms with Gasteiger partial charge in [0, 0.05) is 16.2 Å². The fraction of sp³-hybridized carbons (Fsp3) is 0.105. The first kappa shape index (κ1) is 15.5. The second-order valence-corrected chi connectivity index (χ2v) is 6.65. The van der Waals surface area contributed by atoms with Crippen LogP contribution in [0.4, 0.5) is 5.13 Å². The number of para-hydroxylation sites is 2. The molecule has 4 aromatic rings. The number of pyridine rings is 1. The van der Waals surface area contributed by atoms with Crippen LogP contribution in [-0.2, 0) is 11.3 Å². The third-order valence-corrected chi connectivity index (χ3v) is 4.92. The lowest BCUT2D eigenvalue weighted by Gasteiger charge is -2.14. The SMILES string of the molecule is Cc1csc(NC(=O)Cn2c3ccccc3c(=O)c3ccccc32)n1. The first-order chi connectivity index (χ1) is 12.1. The van der Waals surface area contributed by atoms with Crippen LogP contribution in [0.15, 0.2) is 58.7 Å². The molecule has 5 nitrogen and oxygen atoms in total. The van der Waals surface area contributed by atoms with E-state index in [0.29, 0.717) is 15.9 Å². The number of carbonyl (C=O) groups is 1. The van der Waals surface area contributed by atoms with Gasteiger partial charge in [0.2, 0.25) is 5.91 Å². The fourth-order valence-electron chi connectivity index (χ4n) is 2.96. The van der Waals surface area contributed by atoms with Crippen LogP contribution in [0.3, 0.4) is 0 Å². The molecular weight excluding hydrogens is 334 g/mol. The summed E-state index contributed by atoms with van der Waals surface area (Å²) in [6, 6.07) is 14.7. The number of aryl methyl sites for hydroxylation is 1. The van der Waals surface area contributed by atoms with Crippen molar-refractivity contribution in [3.63, 3.8) is 0 Å². The average molecular weight is 349 g/mol. The molecule has 0 aliphatic rings. The molecule has 124 valence electrons. The number of fused-ring (bicyclic) bond motifs is 2. The molecule has 0 saturated heterocycles. The maximum Gasteiger partial charge on any atom is 0.246 e. The first-order valence-electron chi connectivity index (χ1n) is 7.86. The van der Waals surface area contributed by atoms with Crippen molar-refractivity contribution in [3.05, 3.63) is 69.8 Å². The van der Waals surface area contributed by atoms with E-state index in [-0.39, 0.29) is 17.9 Å². The van der Waals surface area contributed by atoms with E-state index in [1.165, 1.54) is 11.3 Å². The van der Waals surface area contributed by atoms with E-state index in [0.717, 1.165) is 16.7 Å². The van der Waals surface area contributed by atoms with Gasteiger partial charge in [-0.1, -0.05) is 24.3 Å². The van der Waals surface area contributed by atoms with Crippen LogP contribution in [0, 0.1) is 6.92 Å². The van der Waals surface area contributed by atoms with Crippen molar-refractivity contribution in [2.45, 2.75) is 13.5 Å². The first-order valence-corrected chi connectivity index (χ1v) is 8.74. The Kier molecular flexibility index (Phi) is 3.82.